The second kappa shape index (κ2) is 8.68. The van der Waals surface area contributed by atoms with E-state index in [1.54, 1.807) is 19.2 Å². The molecule has 0 unspecified atom stereocenters. The summed E-state index contributed by atoms with van der Waals surface area (Å²) in [6.07, 6.45) is 0.491. The fourth-order valence-corrected chi connectivity index (χ4v) is 5.10. The number of anilines is 1. The topological polar surface area (TPSA) is 110 Å². The van der Waals surface area contributed by atoms with Crippen molar-refractivity contribution in [3.8, 4) is 17.0 Å². The van der Waals surface area contributed by atoms with Crippen molar-refractivity contribution < 1.29 is 22.7 Å². The molecular weight excluding hydrogens is 475 g/mol. The molecule has 190 valence electrons. The van der Waals surface area contributed by atoms with Crippen molar-refractivity contribution in [1.29, 1.82) is 0 Å². The van der Waals surface area contributed by atoms with E-state index < -0.39 is 18.8 Å². The maximum atomic E-state index is 15.0. The second-order valence-corrected chi connectivity index (χ2v) is 9.46. The number of fused-ring (bicyclic) bond motifs is 2. The number of methoxy groups -OCH3 is 1. The summed E-state index contributed by atoms with van der Waals surface area (Å²) in [5, 5.41) is 6.75. The number of halogens is 3. The number of aryl methyl sites for hydroxylation is 1. The highest BCUT2D eigenvalue weighted by atomic mass is 19.3. The Morgan fingerprint density at radius 3 is 2.72 bits per heavy atom. The van der Waals surface area contributed by atoms with Crippen LogP contribution in [0.1, 0.15) is 32.5 Å². The normalized spacial score (nSPS) is 19.6. The summed E-state index contributed by atoms with van der Waals surface area (Å²) < 4.78 is 48.1. The molecule has 0 bridgehead atoms. The van der Waals surface area contributed by atoms with Crippen LogP contribution in [0.4, 0.5) is 19.1 Å². The summed E-state index contributed by atoms with van der Waals surface area (Å²) in [6, 6.07) is 3.02. The largest absolute Gasteiger partial charge is 0.480 e. The Bertz CT molecular complexity index is 1470. The number of hydrogen-bond donors (Lipinski definition) is 3. The highest BCUT2D eigenvalue weighted by molar-refractivity contribution is 5.99. The van der Waals surface area contributed by atoms with Crippen LogP contribution in [0.25, 0.3) is 33.2 Å². The molecule has 0 saturated heterocycles. The Balaban J connectivity index is 1.50. The number of nitrogens with one attached hydrogen (secondary N) is 3. The number of aromatic nitrogens is 5. The van der Waals surface area contributed by atoms with Crippen LogP contribution in [0.15, 0.2) is 18.3 Å². The van der Waals surface area contributed by atoms with Gasteiger partial charge in [-0.3, -0.25) is 4.79 Å². The smallest absolute Gasteiger partial charge is 0.256 e. The number of aromatic amines is 1. The van der Waals surface area contributed by atoms with E-state index in [4.69, 9.17) is 4.74 Å². The summed E-state index contributed by atoms with van der Waals surface area (Å²) in [6.45, 7) is 4.47. The Labute approximate surface area is 204 Å². The van der Waals surface area contributed by atoms with E-state index in [2.05, 4.69) is 30.6 Å². The molecule has 9 nitrogen and oxygen atoms in total. The zero-order chi connectivity index (χ0) is 25.8. The fraction of sp³-hybridized carbons (Fsp3) is 0.417. The average molecular weight is 502 g/mol. The second-order valence-electron chi connectivity index (χ2n) is 9.46. The number of H-pyrrole nitrogens is 1. The number of benzene rings is 1. The summed E-state index contributed by atoms with van der Waals surface area (Å²) in [5.74, 6) is 0.257. The minimum atomic E-state index is -2.60. The molecule has 0 aliphatic heterocycles. The molecule has 3 N–H and O–H groups in total. The fourth-order valence-electron chi connectivity index (χ4n) is 5.10. The number of nitrogens with zero attached hydrogens (tertiary/aromatic N) is 4. The van der Waals surface area contributed by atoms with Gasteiger partial charge >= 0.3 is 0 Å². The molecule has 0 radical (unpaired) electrons. The molecule has 4 aromatic rings. The van der Waals surface area contributed by atoms with E-state index in [1.807, 2.05) is 6.92 Å². The monoisotopic (exact) mass is 501 g/mol. The quantitative estimate of drug-likeness (QED) is 0.351. The number of carbonyl (C=O) groups is 1. The van der Waals surface area contributed by atoms with Crippen LogP contribution in [0.5, 0.6) is 5.88 Å². The predicted molar refractivity (Wildman–Crippen MR) is 129 cm³/mol. The van der Waals surface area contributed by atoms with Gasteiger partial charge < -0.3 is 24.9 Å². The molecule has 0 atom stereocenters. The summed E-state index contributed by atoms with van der Waals surface area (Å²) in [4.78, 5) is 27.6. The first-order valence-electron chi connectivity index (χ1n) is 11.5. The van der Waals surface area contributed by atoms with Crippen molar-refractivity contribution >= 4 is 33.9 Å². The number of amides is 1. The number of imidazole rings is 1. The number of hydrogen-bond acceptors (Lipinski definition) is 6. The molecule has 1 amide bonds. The minimum Gasteiger partial charge on any atom is -0.480 e. The van der Waals surface area contributed by atoms with E-state index >= 15 is 0 Å². The standard InChI is InChI=1S/C24H26F3N7O2/c1-11-29-20-16(25)5-13(6-17(20)34(11)10-18(26)27)15-9-28-21-19(15)22(36-4)32-23(31-21)30-14-7-24(3,8-14)33-12(2)35/h5-6,9,14,18H,7-8,10H2,1-4H3,(H,33,35)(H2,28,30,31,32)/t14-,24-. The van der Waals surface area contributed by atoms with Gasteiger partial charge in [-0.15, -0.1) is 0 Å². The third-order valence-electron chi connectivity index (χ3n) is 6.53. The summed E-state index contributed by atoms with van der Waals surface area (Å²) in [5.41, 5.74) is 1.55. The van der Waals surface area contributed by atoms with Gasteiger partial charge in [0.05, 0.1) is 24.6 Å². The van der Waals surface area contributed by atoms with Crippen LogP contribution in [0.3, 0.4) is 0 Å². The van der Waals surface area contributed by atoms with Crippen molar-refractivity contribution in [1.82, 2.24) is 29.8 Å². The van der Waals surface area contributed by atoms with Crippen LogP contribution in [-0.2, 0) is 11.3 Å². The Hall–Kier alpha value is -3.83. The number of alkyl halides is 2. The minimum absolute atomic E-state index is 0.0400. The van der Waals surface area contributed by atoms with E-state index in [-0.39, 0.29) is 34.4 Å². The summed E-state index contributed by atoms with van der Waals surface area (Å²) in [7, 11) is 1.48. The van der Waals surface area contributed by atoms with Gasteiger partial charge in [0.1, 0.15) is 17.0 Å². The number of carbonyl (C=O) groups excluding carboxylic acids is 1. The predicted octanol–water partition coefficient (Wildman–Crippen LogP) is 4.16. The molecule has 1 fully saturated rings. The lowest BCUT2D eigenvalue weighted by Gasteiger charge is -2.45. The van der Waals surface area contributed by atoms with Gasteiger partial charge in [-0.05, 0) is 44.4 Å². The zero-order valence-corrected chi connectivity index (χ0v) is 20.2. The third kappa shape index (κ3) is 4.20. The van der Waals surface area contributed by atoms with Gasteiger partial charge in [0, 0.05) is 30.3 Å². The van der Waals surface area contributed by atoms with Crippen molar-refractivity contribution in [2.75, 3.05) is 12.4 Å². The molecular formula is C24H26F3N7O2. The number of ether oxygens (including phenoxy) is 1. The Morgan fingerprint density at radius 1 is 1.31 bits per heavy atom. The SMILES string of the molecule is COc1nc(N[C@H]2C[C@](C)(NC(C)=O)C2)nc2[nH]cc(-c3cc(F)c4nc(C)n(CC(F)F)c4c3)c12. The first-order valence-corrected chi connectivity index (χ1v) is 11.5. The third-order valence-corrected chi connectivity index (χ3v) is 6.53. The molecule has 0 spiro atoms. The molecule has 1 aromatic carbocycles. The molecule has 5 rings (SSSR count). The van der Waals surface area contributed by atoms with Gasteiger partial charge in [0.2, 0.25) is 17.7 Å². The summed E-state index contributed by atoms with van der Waals surface area (Å²) >= 11 is 0. The van der Waals surface area contributed by atoms with Gasteiger partial charge in [-0.25, -0.2) is 18.2 Å². The van der Waals surface area contributed by atoms with Crippen LogP contribution in [0.2, 0.25) is 0 Å². The maximum Gasteiger partial charge on any atom is 0.256 e. The molecule has 1 aliphatic carbocycles. The lowest BCUT2D eigenvalue weighted by molar-refractivity contribution is -0.121. The molecule has 36 heavy (non-hydrogen) atoms. The van der Waals surface area contributed by atoms with Gasteiger partial charge in [-0.2, -0.15) is 9.97 Å². The van der Waals surface area contributed by atoms with Crippen LogP contribution < -0.4 is 15.4 Å². The van der Waals surface area contributed by atoms with Crippen LogP contribution in [0, 0.1) is 12.7 Å². The van der Waals surface area contributed by atoms with E-state index in [0.717, 1.165) is 12.8 Å². The van der Waals surface area contributed by atoms with Gasteiger partial charge in [-0.1, -0.05) is 0 Å². The van der Waals surface area contributed by atoms with Crippen molar-refractivity contribution in [3.05, 3.63) is 30.0 Å². The lowest BCUT2D eigenvalue weighted by Crippen LogP contribution is -2.59. The van der Waals surface area contributed by atoms with E-state index in [0.29, 0.717) is 33.9 Å². The molecule has 3 heterocycles. The van der Waals surface area contributed by atoms with Crippen molar-refractivity contribution in [3.63, 3.8) is 0 Å². The van der Waals surface area contributed by atoms with Crippen molar-refractivity contribution in [2.24, 2.45) is 0 Å². The van der Waals surface area contributed by atoms with Crippen molar-refractivity contribution in [2.45, 2.75) is 58.2 Å². The highest BCUT2D eigenvalue weighted by Gasteiger charge is 2.41. The Morgan fingerprint density at radius 2 is 2.06 bits per heavy atom. The van der Waals surface area contributed by atoms with Gasteiger partial charge in [0.25, 0.3) is 6.43 Å². The maximum absolute atomic E-state index is 15.0. The highest BCUT2D eigenvalue weighted by Crippen LogP contribution is 2.38. The molecule has 1 aliphatic rings. The molecule has 3 aromatic heterocycles. The molecule has 1 saturated carbocycles. The zero-order valence-electron chi connectivity index (χ0n) is 20.2. The van der Waals surface area contributed by atoms with Crippen LogP contribution >= 0.6 is 0 Å². The van der Waals surface area contributed by atoms with Crippen LogP contribution in [-0.4, -0.2) is 55.5 Å². The first-order chi connectivity index (χ1) is 17.1. The number of rotatable bonds is 7. The lowest BCUT2D eigenvalue weighted by atomic mass is 9.74. The van der Waals surface area contributed by atoms with E-state index in [1.165, 1.54) is 24.7 Å². The van der Waals surface area contributed by atoms with E-state index in [9.17, 15) is 18.0 Å². The first kappa shape index (κ1) is 23.9. The average Bonchev–Trinajstić information content (AvgIpc) is 3.33. The molecule has 12 heteroatoms. The van der Waals surface area contributed by atoms with Gasteiger partial charge in [0.15, 0.2) is 5.82 Å². The Kier molecular flexibility index (Phi) is 5.76.